The number of rotatable bonds is 2. The molecule has 2 N–H and O–H groups in total. The van der Waals surface area contributed by atoms with Crippen LogP contribution in [0.1, 0.15) is 21.6 Å². The van der Waals surface area contributed by atoms with Crippen LogP contribution in [0.4, 0.5) is 10.1 Å². The maximum Gasteiger partial charge on any atom is 0.211 e. The number of halogens is 1. The van der Waals surface area contributed by atoms with Crippen LogP contribution in [0.15, 0.2) is 48.5 Å². The lowest BCUT2D eigenvalue weighted by Crippen LogP contribution is -2.06. The minimum absolute atomic E-state index is 0.219. The lowest BCUT2D eigenvalue weighted by molar-refractivity contribution is 0.103. The molecule has 0 saturated carbocycles. The summed E-state index contributed by atoms with van der Waals surface area (Å²) >= 11 is 0. The van der Waals surface area contributed by atoms with Gasteiger partial charge in [-0.15, -0.1) is 0 Å². The molecule has 0 aliphatic heterocycles. The van der Waals surface area contributed by atoms with E-state index < -0.39 is 5.82 Å². The molecule has 1 heterocycles. The minimum Gasteiger partial charge on any atom is -0.398 e. The number of ketones is 1. The normalized spacial score (nSPS) is 10.8. The Balaban J connectivity index is 2.13. The summed E-state index contributed by atoms with van der Waals surface area (Å²) in [6, 6.07) is 13.1. The molecular formula is C17H13FN2O. The van der Waals surface area contributed by atoms with Crippen molar-refractivity contribution in [1.29, 1.82) is 0 Å². The molecule has 0 spiro atoms. The van der Waals surface area contributed by atoms with Gasteiger partial charge in [0.2, 0.25) is 5.78 Å². The van der Waals surface area contributed by atoms with Crippen molar-refractivity contribution in [3.8, 4) is 0 Å². The molecule has 0 unspecified atom stereocenters. The lowest BCUT2D eigenvalue weighted by Gasteiger charge is -2.06. The van der Waals surface area contributed by atoms with E-state index in [1.165, 1.54) is 18.2 Å². The monoisotopic (exact) mass is 280 g/mol. The molecule has 21 heavy (non-hydrogen) atoms. The van der Waals surface area contributed by atoms with E-state index in [2.05, 4.69) is 4.98 Å². The maximum absolute atomic E-state index is 13.4. The van der Waals surface area contributed by atoms with E-state index in [0.29, 0.717) is 16.8 Å². The SMILES string of the molecule is Cc1cc(F)cc(C(=O)c2cc(N)c3ccccc3n2)c1. The molecule has 0 fully saturated rings. The second kappa shape index (κ2) is 4.98. The average Bonchev–Trinajstić information content (AvgIpc) is 2.45. The summed E-state index contributed by atoms with van der Waals surface area (Å²) in [4.78, 5) is 16.8. The number of nitrogens with zero attached hydrogens (tertiary/aromatic N) is 1. The van der Waals surface area contributed by atoms with Gasteiger partial charge in [0.25, 0.3) is 0 Å². The molecule has 104 valence electrons. The van der Waals surface area contributed by atoms with Crippen LogP contribution in [0.3, 0.4) is 0 Å². The Hall–Kier alpha value is -2.75. The van der Waals surface area contributed by atoms with E-state index in [1.807, 2.05) is 18.2 Å². The molecule has 3 nitrogen and oxygen atoms in total. The highest BCUT2D eigenvalue weighted by Crippen LogP contribution is 2.22. The standard InChI is InChI=1S/C17H13FN2O/c1-10-6-11(8-12(18)7-10)17(21)16-9-14(19)13-4-2-3-5-15(13)20-16/h2-9H,1H3,(H2,19,20). The third-order valence-electron chi connectivity index (χ3n) is 3.29. The van der Waals surface area contributed by atoms with Crippen molar-refractivity contribution in [3.05, 3.63) is 71.2 Å². The molecule has 4 heteroatoms. The number of hydrogen-bond acceptors (Lipinski definition) is 3. The number of anilines is 1. The molecule has 3 aromatic rings. The molecule has 0 saturated heterocycles. The van der Waals surface area contributed by atoms with Crippen LogP contribution < -0.4 is 5.73 Å². The number of nitrogen functional groups attached to an aromatic ring is 1. The predicted octanol–water partition coefficient (Wildman–Crippen LogP) is 3.50. The minimum atomic E-state index is -0.438. The highest BCUT2D eigenvalue weighted by molar-refractivity contribution is 6.10. The van der Waals surface area contributed by atoms with Crippen molar-refractivity contribution in [1.82, 2.24) is 4.98 Å². The number of nitrogens with two attached hydrogens (primary N) is 1. The Bertz CT molecular complexity index is 838. The van der Waals surface area contributed by atoms with Gasteiger partial charge >= 0.3 is 0 Å². The second-order valence-electron chi connectivity index (χ2n) is 4.96. The van der Waals surface area contributed by atoms with Gasteiger partial charge in [0.15, 0.2) is 0 Å². The van der Waals surface area contributed by atoms with E-state index in [4.69, 9.17) is 5.73 Å². The zero-order valence-electron chi connectivity index (χ0n) is 11.4. The number of hydrogen-bond donors (Lipinski definition) is 1. The number of aryl methyl sites for hydroxylation is 1. The summed E-state index contributed by atoms with van der Waals surface area (Å²) in [6.07, 6.45) is 0. The van der Waals surface area contributed by atoms with Gasteiger partial charge in [0.05, 0.1) is 5.52 Å². The number of para-hydroxylation sites is 1. The van der Waals surface area contributed by atoms with Crippen LogP contribution >= 0.6 is 0 Å². The lowest BCUT2D eigenvalue weighted by atomic mass is 10.0. The highest BCUT2D eigenvalue weighted by atomic mass is 19.1. The van der Waals surface area contributed by atoms with Crippen LogP contribution in [0.25, 0.3) is 10.9 Å². The summed E-state index contributed by atoms with van der Waals surface area (Å²) in [5.41, 5.74) is 8.28. The van der Waals surface area contributed by atoms with Gasteiger partial charge in [-0.1, -0.05) is 18.2 Å². The van der Waals surface area contributed by atoms with Gasteiger partial charge in [-0.05, 0) is 42.8 Å². The van der Waals surface area contributed by atoms with Gasteiger partial charge in [0.1, 0.15) is 11.5 Å². The molecule has 0 radical (unpaired) electrons. The smallest absolute Gasteiger partial charge is 0.211 e. The van der Waals surface area contributed by atoms with Crippen molar-refractivity contribution >= 4 is 22.4 Å². The van der Waals surface area contributed by atoms with Gasteiger partial charge < -0.3 is 5.73 Å². The van der Waals surface area contributed by atoms with Gasteiger partial charge in [-0.2, -0.15) is 0 Å². The van der Waals surface area contributed by atoms with Gasteiger partial charge in [-0.3, -0.25) is 4.79 Å². The first-order chi connectivity index (χ1) is 10.0. The van der Waals surface area contributed by atoms with Gasteiger partial charge in [-0.25, -0.2) is 9.37 Å². The molecule has 3 rings (SSSR count). The Morgan fingerprint density at radius 3 is 2.67 bits per heavy atom. The molecule has 0 bridgehead atoms. The largest absolute Gasteiger partial charge is 0.398 e. The fourth-order valence-electron chi connectivity index (χ4n) is 2.33. The third kappa shape index (κ3) is 2.48. The first kappa shape index (κ1) is 13.2. The summed E-state index contributed by atoms with van der Waals surface area (Å²) in [6.45, 7) is 1.74. The van der Waals surface area contributed by atoms with Crippen LogP contribution in [0, 0.1) is 12.7 Å². The topological polar surface area (TPSA) is 56.0 Å². The molecule has 1 aromatic heterocycles. The molecular weight excluding hydrogens is 267 g/mol. The first-order valence-electron chi connectivity index (χ1n) is 6.52. The van der Waals surface area contributed by atoms with E-state index in [-0.39, 0.29) is 17.0 Å². The van der Waals surface area contributed by atoms with E-state index in [0.717, 1.165) is 5.39 Å². The number of fused-ring (bicyclic) bond motifs is 1. The van der Waals surface area contributed by atoms with Crippen molar-refractivity contribution in [3.63, 3.8) is 0 Å². The summed E-state index contributed by atoms with van der Waals surface area (Å²) < 4.78 is 13.4. The first-order valence-corrected chi connectivity index (χ1v) is 6.52. The summed E-state index contributed by atoms with van der Waals surface area (Å²) in [5.74, 6) is -0.776. The maximum atomic E-state index is 13.4. The van der Waals surface area contributed by atoms with Crippen LogP contribution in [0.5, 0.6) is 0 Å². The van der Waals surface area contributed by atoms with Crippen LogP contribution in [-0.4, -0.2) is 10.8 Å². The molecule has 0 aliphatic carbocycles. The molecule has 0 atom stereocenters. The Kier molecular flexibility index (Phi) is 3.14. The number of carbonyl (C=O) groups excluding carboxylic acids is 1. The van der Waals surface area contributed by atoms with Crippen LogP contribution in [0.2, 0.25) is 0 Å². The van der Waals surface area contributed by atoms with Crippen molar-refractivity contribution in [2.24, 2.45) is 0 Å². The summed E-state index contributed by atoms with van der Waals surface area (Å²) in [7, 11) is 0. The fourth-order valence-corrected chi connectivity index (χ4v) is 2.33. The zero-order chi connectivity index (χ0) is 15.0. The van der Waals surface area contributed by atoms with Crippen molar-refractivity contribution in [2.75, 3.05) is 5.73 Å². The van der Waals surface area contributed by atoms with Crippen molar-refractivity contribution in [2.45, 2.75) is 6.92 Å². The van der Waals surface area contributed by atoms with Gasteiger partial charge in [0, 0.05) is 16.6 Å². The number of benzene rings is 2. The quantitative estimate of drug-likeness (QED) is 0.731. The highest BCUT2D eigenvalue weighted by Gasteiger charge is 2.14. The average molecular weight is 280 g/mol. The number of carbonyl (C=O) groups is 1. The van der Waals surface area contributed by atoms with Crippen LogP contribution in [-0.2, 0) is 0 Å². The Morgan fingerprint density at radius 2 is 1.90 bits per heavy atom. The molecule has 0 aliphatic rings. The predicted molar refractivity (Wildman–Crippen MR) is 80.7 cm³/mol. The second-order valence-corrected chi connectivity index (χ2v) is 4.96. The zero-order valence-corrected chi connectivity index (χ0v) is 11.4. The fraction of sp³-hybridized carbons (Fsp3) is 0.0588. The number of aromatic nitrogens is 1. The number of pyridine rings is 1. The molecule has 0 amide bonds. The molecule has 2 aromatic carbocycles. The van der Waals surface area contributed by atoms with E-state index >= 15 is 0 Å². The Labute approximate surface area is 121 Å². The van der Waals surface area contributed by atoms with E-state index in [1.54, 1.807) is 19.1 Å². The van der Waals surface area contributed by atoms with E-state index in [9.17, 15) is 9.18 Å². The van der Waals surface area contributed by atoms with Crippen molar-refractivity contribution < 1.29 is 9.18 Å². The summed E-state index contributed by atoms with van der Waals surface area (Å²) in [5, 5.41) is 0.796. The Morgan fingerprint density at radius 1 is 1.14 bits per heavy atom. The third-order valence-corrected chi connectivity index (χ3v) is 3.29.